The number of rotatable bonds is 5. The molecule has 0 radical (unpaired) electrons. The number of carbonyl (C=O) groups excluding carboxylic acids is 1. The molecule has 31 heavy (non-hydrogen) atoms. The summed E-state index contributed by atoms with van der Waals surface area (Å²) in [4.78, 5) is 12.2. The zero-order valence-corrected chi connectivity index (χ0v) is 16.9. The Morgan fingerprint density at radius 2 is 1.65 bits per heavy atom. The van der Waals surface area contributed by atoms with Crippen molar-refractivity contribution in [3.63, 3.8) is 0 Å². The van der Waals surface area contributed by atoms with Crippen molar-refractivity contribution in [2.24, 2.45) is 5.14 Å². The molecule has 0 fully saturated rings. The zero-order valence-electron chi connectivity index (χ0n) is 16.1. The van der Waals surface area contributed by atoms with Crippen molar-refractivity contribution < 1.29 is 31.1 Å². The second kappa shape index (κ2) is 8.40. The molecular formula is C21H17F3N2O4S. The normalized spacial score (nSPS) is 11.8. The van der Waals surface area contributed by atoms with E-state index in [0.717, 1.165) is 12.1 Å². The number of primary sulfonamides is 1. The van der Waals surface area contributed by atoms with E-state index in [0.29, 0.717) is 11.3 Å². The number of carbonyl (C=O) groups is 1. The number of alkyl halides is 3. The minimum absolute atomic E-state index is 0.0243. The molecule has 0 saturated heterocycles. The van der Waals surface area contributed by atoms with Gasteiger partial charge in [0.25, 0.3) is 5.91 Å². The van der Waals surface area contributed by atoms with E-state index < -0.39 is 27.7 Å². The van der Waals surface area contributed by atoms with Gasteiger partial charge in [-0.2, -0.15) is 13.2 Å². The highest BCUT2D eigenvalue weighted by molar-refractivity contribution is 7.89. The molecule has 0 spiro atoms. The van der Waals surface area contributed by atoms with Crippen molar-refractivity contribution in [2.45, 2.75) is 11.1 Å². The molecule has 0 aliphatic carbocycles. The fraction of sp³-hybridized carbons (Fsp3) is 0.0952. The number of benzene rings is 3. The highest BCUT2D eigenvalue weighted by atomic mass is 32.2. The van der Waals surface area contributed by atoms with Crippen LogP contribution in [-0.2, 0) is 16.2 Å². The smallest absolute Gasteiger partial charge is 0.417 e. The molecule has 0 saturated carbocycles. The number of hydrogen-bond donors (Lipinski definition) is 2. The molecule has 0 atom stereocenters. The second-order valence-electron chi connectivity index (χ2n) is 6.49. The van der Waals surface area contributed by atoms with Gasteiger partial charge in [-0.1, -0.05) is 30.3 Å². The average Bonchev–Trinajstić information content (AvgIpc) is 2.72. The van der Waals surface area contributed by atoms with Crippen LogP contribution in [0, 0.1) is 0 Å². The van der Waals surface area contributed by atoms with Crippen molar-refractivity contribution >= 4 is 21.6 Å². The first-order chi connectivity index (χ1) is 14.5. The molecule has 1 amide bonds. The van der Waals surface area contributed by atoms with Crippen molar-refractivity contribution in [1.82, 2.24) is 0 Å². The van der Waals surface area contributed by atoms with Gasteiger partial charge in [0.15, 0.2) is 0 Å². The maximum Gasteiger partial charge on any atom is 0.417 e. The SMILES string of the molecule is COc1cc(C(=O)Nc2ccc(-c3ccccc3C(F)(F)F)cc2)ccc1S(N)(=O)=O. The zero-order chi connectivity index (χ0) is 22.8. The molecule has 10 heteroatoms. The third kappa shape index (κ3) is 5.04. The van der Waals surface area contributed by atoms with E-state index in [1.165, 1.54) is 61.7 Å². The molecule has 0 aliphatic rings. The van der Waals surface area contributed by atoms with Crippen molar-refractivity contribution in [3.05, 3.63) is 77.9 Å². The highest BCUT2D eigenvalue weighted by Crippen LogP contribution is 2.37. The van der Waals surface area contributed by atoms with Crippen molar-refractivity contribution in [2.75, 3.05) is 12.4 Å². The number of halogens is 3. The second-order valence-corrected chi connectivity index (χ2v) is 8.02. The quantitative estimate of drug-likeness (QED) is 0.606. The maximum absolute atomic E-state index is 13.2. The molecule has 0 heterocycles. The van der Waals surface area contributed by atoms with Gasteiger partial charge in [0.2, 0.25) is 10.0 Å². The number of anilines is 1. The van der Waals surface area contributed by atoms with Crippen LogP contribution in [0.15, 0.2) is 71.6 Å². The van der Waals surface area contributed by atoms with E-state index in [1.54, 1.807) is 0 Å². The Bertz CT molecular complexity index is 1220. The lowest BCUT2D eigenvalue weighted by Gasteiger charge is -2.13. The summed E-state index contributed by atoms with van der Waals surface area (Å²) in [6, 6.07) is 14.7. The average molecular weight is 450 g/mol. The monoisotopic (exact) mass is 450 g/mol. The van der Waals surface area contributed by atoms with Crippen LogP contribution in [0.25, 0.3) is 11.1 Å². The predicted octanol–water partition coefficient (Wildman–Crippen LogP) is 4.28. The lowest BCUT2D eigenvalue weighted by molar-refractivity contribution is -0.137. The lowest BCUT2D eigenvalue weighted by Crippen LogP contribution is -2.16. The molecule has 3 rings (SSSR count). The Balaban J connectivity index is 1.84. The van der Waals surface area contributed by atoms with E-state index in [4.69, 9.17) is 9.88 Å². The minimum atomic E-state index is -4.49. The number of ether oxygens (including phenoxy) is 1. The maximum atomic E-state index is 13.2. The summed E-state index contributed by atoms with van der Waals surface area (Å²) in [5, 5.41) is 7.70. The first kappa shape index (κ1) is 22.3. The molecule has 3 N–H and O–H groups in total. The Labute approximate surface area is 176 Å². The van der Waals surface area contributed by atoms with Crippen molar-refractivity contribution in [1.29, 1.82) is 0 Å². The molecular weight excluding hydrogens is 433 g/mol. The van der Waals surface area contributed by atoms with E-state index in [9.17, 15) is 26.4 Å². The van der Waals surface area contributed by atoms with Gasteiger partial charge >= 0.3 is 6.18 Å². The van der Waals surface area contributed by atoms with Gasteiger partial charge in [-0.3, -0.25) is 4.79 Å². The predicted molar refractivity (Wildman–Crippen MR) is 109 cm³/mol. The van der Waals surface area contributed by atoms with Gasteiger partial charge in [-0.25, -0.2) is 13.6 Å². The summed E-state index contributed by atoms with van der Waals surface area (Å²) in [6.45, 7) is 0. The van der Waals surface area contributed by atoms with Gasteiger partial charge in [-0.15, -0.1) is 0 Å². The van der Waals surface area contributed by atoms with Crippen LogP contribution < -0.4 is 15.2 Å². The molecule has 0 aliphatic heterocycles. The van der Waals surface area contributed by atoms with Gasteiger partial charge < -0.3 is 10.1 Å². The Kier molecular flexibility index (Phi) is 6.05. The number of sulfonamides is 1. The summed E-state index contributed by atoms with van der Waals surface area (Å²) in [7, 11) is -2.79. The topological polar surface area (TPSA) is 98.5 Å². The van der Waals surface area contributed by atoms with Gasteiger partial charge in [-0.05, 0) is 47.5 Å². The van der Waals surface area contributed by atoms with E-state index in [1.807, 2.05) is 0 Å². The van der Waals surface area contributed by atoms with E-state index >= 15 is 0 Å². The van der Waals surface area contributed by atoms with Gasteiger partial charge in [0.05, 0.1) is 12.7 Å². The third-order valence-corrected chi connectivity index (χ3v) is 5.37. The van der Waals surface area contributed by atoms with Crippen LogP contribution in [0.4, 0.5) is 18.9 Å². The minimum Gasteiger partial charge on any atom is -0.495 e. The molecule has 0 bridgehead atoms. The van der Waals surface area contributed by atoms with Gasteiger partial charge in [0, 0.05) is 11.3 Å². The summed E-state index contributed by atoms with van der Waals surface area (Å²) < 4.78 is 67.8. The van der Waals surface area contributed by atoms with E-state index in [2.05, 4.69) is 5.32 Å². The molecule has 3 aromatic rings. The molecule has 0 unspecified atom stereocenters. The molecule has 162 valence electrons. The number of nitrogens with two attached hydrogens (primary N) is 1. The summed E-state index contributed by atoms with van der Waals surface area (Å²) in [5.74, 6) is -0.656. The Morgan fingerprint density at radius 1 is 1.00 bits per heavy atom. The number of amides is 1. The van der Waals surface area contributed by atoms with Crippen molar-refractivity contribution in [3.8, 4) is 16.9 Å². The van der Waals surface area contributed by atoms with Gasteiger partial charge in [0.1, 0.15) is 10.6 Å². The fourth-order valence-electron chi connectivity index (χ4n) is 2.96. The van der Waals surface area contributed by atoms with Crippen LogP contribution in [0.2, 0.25) is 0 Å². The largest absolute Gasteiger partial charge is 0.495 e. The third-order valence-electron chi connectivity index (χ3n) is 4.42. The summed E-state index contributed by atoms with van der Waals surface area (Å²) in [5.41, 5.74) is 0.0543. The standard InChI is InChI=1S/C21H17F3N2O4S/c1-30-18-12-14(8-11-19(18)31(25,28)29)20(27)26-15-9-6-13(7-10-15)16-4-2-3-5-17(16)21(22,23)24/h2-12H,1H3,(H,26,27)(H2,25,28,29). The van der Waals surface area contributed by atoms with Crippen LogP contribution in [-0.4, -0.2) is 21.4 Å². The van der Waals surface area contributed by atoms with E-state index in [-0.39, 0.29) is 21.8 Å². The highest BCUT2D eigenvalue weighted by Gasteiger charge is 2.33. The Hall–Kier alpha value is -3.37. The number of methoxy groups -OCH3 is 1. The van der Waals surface area contributed by atoms with Crippen LogP contribution >= 0.6 is 0 Å². The lowest BCUT2D eigenvalue weighted by atomic mass is 9.99. The van der Waals surface area contributed by atoms with Crippen LogP contribution in [0.5, 0.6) is 5.75 Å². The van der Waals surface area contributed by atoms with Crippen LogP contribution in [0.1, 0.15) is 15.9 Å². The molecule has 3 aromatic carbocycles. The summed E-state index contributed by atoms with van der Waals surface area (Å²) in [6.07, 6.45) is -4.49. The summed E-state index contributed by atoms with van der Waals surface area (Å²) >= 11 is 0. The molecule has 0 aromatic heterocycles. The number of hydrogen-bond acceptors (Lipinski definition) is 4. The Morgan fingerprint density at radius 3 is 2.23 bits per heavy atom. The first-order valence-corrected chi connectivity index (χ1v) is 10.3. The number of nitrogens with one attached hydrogen (secondary N) is 1. The molecule has 6 nitrogen and oxygen atoms in total. The fourth-order valence-corrected chi connectivity index (χ4v) is 3.64. The van der Waals surface area contributed by atoms with Crippen LogP contribution in [0.3, 0.4) is 0 Å². The first-order valence-electron chi connectivity index (χ1n) is 8.79.